The van der Waals surface area contributed by atoms with E-state index in [1.165, 1.54) is 37.9 Å². The number of nitrogens with two attached hydrogens (primary N) is 1. The number of hydrogen-bond donors (Lipinski definition) is 1. The first-order chi connectivity index (χ1) is 7.83. The lowest BCUT2D eigenvalue weighted by Gasteiger charge is -2.21. The van der Waals surface area contributed by atoms with Crippen molar-refractivity contribution in [2.45, 2.75) is 57.9 Å². The summed E-state index contributed by atoms with van der Waals surface area (Å²) in [4.78, 5) is 0. The summed E-state index contributed by atoms with van der Waals surface area (Å²) in [6.07, 6.45) is 7.63. The predicted octanol–water partition coefficient (Wildman–Crippen LogP) is 1.98. The molecule has 2 N–H and O–H groups in total. The van der Waals surface area contributed by atoms with Gasteiger partial charge in [-0.3, -0.25) is 0 Å². The molecule has 1 heterocycles. The zero-order chi connectivity index (χ0) is 11.4. The number of aryl methyl sites for hydroxylation is 1. The molecular weight excluding hydrogens is 200 g/mol. The quantitative estimate of drug-likeness (QED) is 0.847. The molecule has 1 aliphatic carbocycles. The summed E-state index contributed by atoms with van der Waals surface area (Å²) in [5.74, 6) is 2.87. The first-order valence-electron chi connectivity index (χ1n) is 6.42. The molecule has 1 saturated carbocycles. The van der Waals surface area contributed by atoms with Crippen LogP contribution in [0.15, 0.2) is 0 Å². The topological polar surface area (TPSA) is 56.7 Å². The highest BCUT2D eigenvalue weighted by atomic mass is 15.3. The highest BCUT2D eigenvalue weighted by Crippen LogP contribution is 2.31. The van der Waals surface area contributed by atoms with E-state index in [9.17, 15) is 0 Å². The van der Waals surface area contributed by atoms with Crippen LogP contribution in [0, 0.1) is 6.92 Å². The Morgan fingerprint density at radius 2 is 2.00 bits per heavy atom. The Morgan fingerprint density at radius 1 is 1.25 bits per heavy atom. The van der Waals surface area contributed by atoms with Crippen LogP contribution in [0.3, 0.4) is 0 Å². The van der Waals surface area contributed by atoms with E-state index in [2.05, 4.69) is 14.8 Å². The van der Waals surface area contributed by atoms with Crippen molar-refractivity contribution in [1.82, 2.24) is 14.8 Å². The van der Waals surface area contributed by atoms with Gasteiger partial charge in [0, 0.05) is 12.5 Å². The summed E-state index contributed by atoms with van der Waals surface area (Å²) in [5.41, 5.74) is 5.57. The Labute approximate surface area is 97.2 Å². The summed E-state index contributed by atoms with van der Waals surface area (Å²) >= 11 is 0. The SMILES string of the molecule is Cc1nnc(C2CCCCC2)n1CCCN. The molecule has 0 atom stereocenters. The maximum atomic E-state index is 5.57. The second-order valence-corrected chi connectivity index (χ2v) is 4.73. The average molecular weight is 222 g/mol. The van der Waals surface area contributed by atoms with Crippen LogP contribution in [-0.2, 0) is 6.54 Å². The van der Waals surface area contributed by atoms with Gasteiger partial charge >= 0.3 is 0 Å². The van der Waals surface area contributed by atoms with E-state index in [0.717, 1.165) is 25.3 Å². The predicted molar refractivity (Wildman–Crippen MR) is 64.3 cm³/mol. The number of nitrogens with zero attached hydrogens (tertiary/aromatic N) is 3. The molecule has 2 rings (SSSR count). The van der Waals surface area contributed by atoms with Crippen LogP contribution in [0.1, 0.15) is 56.1 Å². The van der Waals surface area contributed by atoms with Crippen molar-refractivity contribution < 1.29 is 0 Å². The molecule has 1 aliphatic rings. The Morgan fingerprint density at radius 3 is 2.69 bits per heavy atom. The van der Waals surface area contributed by atoms with Gasteiger partial charge in [0.25, 0.3) is 0 Å². The van der Waals surface area contributed by atoms with E-state index in [1.807, 2.05) is 6.92 Å². The second kappa shape index (κ2) is 5.43. The Balaban J connectivity index is 2.12. The molecule has 1 fully saturated rings. The zero-order valence-electron chi connectivity index (χ0n) is 10.2. The van der Waals surface area contributed by atoms with E-state index >= 15 is 0 Å². The molecule has 90 valence electrons. The third kappa shape index (κ3) is 2.43. The van der Waals surface area contributed by atoms with Crippen molar-refractivity contribution >= 4 is 0 Å². The van der Waals surface area contributed by atoms with Crippen LogP contribution >= 0.6 is 0 Å². The third-order valence-electron chi connectivity index (χ3n) is 3.52. The summed E-state index contributed by atoms with van der Waals surface area (Å²) in [5, 5.41) is 8.58. The van der Waals surface area contributed by atoms with Gasteiger partial charge < -0.3 is 10.3 Å². The van der Waals surface area contributed by atoms with Crippen molar-refractivity contribution in [2.75, 3.05) is 6.54 Å². The highest BCUT2D eigenvalue weighted by molar-refractivity contribution is 5.02. The maximum absolute atomic E-state index is 5.57. The Hall–Kier alpha value is -0.900. The molecule has 0 amide bonds. The molecule has 0 aliphatic heterocycles. The molecule has 0 saturated heterocycles. The van der Waals surface area contributed by atoms with Crippen LogP contribution in [-0.4, -0.2) is 21.3 Å². The highest BCUT2D eigenvalue weighted by Gasteiger charge is 2.21. The Kier molecular flexibility index (Phi) is 3.93. The molecule has 0 bridgehead atoms. The summed E-state index contributed by atoms with van der Waals surface area (Å²) in [6.45, 7) is 3.75. The van der Waals surface area contributed by atoms with Gasteiger partial charge in [0.15, 0.2) is 0 Å². The normalized spacial score (nSPS) is 17.9. The molecule has 16 heavy (non-hydrogen) atoms. The smallest absolute Gasteiger partial charge is 0.136 e. The fraction of sp³-hybridized carbons (Fsp3) is 0.833. The summed E-state index contributed by atoms with van der Waals surface area (Å²) in [7, 11) is 0. The first kappa shape index (κ1) is 11.6. The molecule has 4 nitrogen and oxygen atoms in total. The largest absolute Gasteiger partial charge is 0.330 e. The van der Waals surface area contributed by atoms with Gasteiger partial charge in [0.2, 0.25) is 0 Å². The van der Waals surface area contributed by atoms with E-state index < -0.39 is 0 Å². The van der Waals surface area contributed by atoms with Crippen LogP contribution in [0.5, 0.6) is 0 Å². The molecule has 0 aromatic carbocycles. The van der Waals surface area contributed by atoms with Crippen LogP contribution in [0.25, 0.3) is 0 Å². The van der Waals surface area contributed by atoms with Gasteiger partial charge in [0.1, 0.15) is 11.6 Å². The monoisotopic (exact) mass is 222 g/mol. The van der Waals surface area contributed by atoms with Crippen molar-refractivity contribution in [3.63, 3.8) is 0 Å². The van der Waals surface area contributed by atoms with E-state index in [1.54, 1.807) is 0 Å². The van der Waals surface area contributed by atoms with E-state index in [0.29, 0.717) is 5.92 Å². The molecule has 1 aromatic heterocycles. The summed E-state index contributed by atoms with van der Waals surface area (Å²) in [6, 6.07) is 0. The second-order valence-electron chi connectivity index (χ2n) is 4.73. The van der Waals surface area contributed by atoms with Crippen molar-refractivity contribution in [3.8, 4) is 0 Å². The minimum absolute atomic E-state index is 0.632. The van der Waals surface area contributed by atoms with Gasteiger partial charge in [0.05, 0.1) is 0 Å². The van der Waals surface area contributed by atoms with Crippen LogP contribution in [0.4, 0.5) is 0 Å². The van der Waals surface area contributed by atoms with Gasteiger partial charge in [-0.2, -0.15) is 0 Å². The van der Waals surface area contributed by atoms with Crippen LogP contribution < -0.4 is 5.73 Å². The van der Waals surface area contributed by atoms with Gasteiger partial charge in [-0.1, -0.05) is 19.3 Å². The minimum atomic E-state index is 0.632. The molecule has 0 spiro atoms. The molecule has 0 unspecified atom stereocenters. The first-order valence-corrected chi connectivity index (χ1v) is 6.42. The van der Waals surface area contributed by atoms with E-state index in [4.69, 9.17) is 5.73 Å². The van der Waals surface area contributed by atoms with Crippen molar-refractivity contribution in [1.29, 1.82) is 0 Å². The lowest BCUT2D eigenvalue weighted by molar-refractivity contribution is 0.412. The van der Waals surface area contributed by atoms with Gasteiger partial charge in [-0.05, 0) is 32.7 Å². The third-order valence-corrected chi connectivity index (χ3v) is 3.52. The molecule has 4 heteroatoms. The standard InChI is InChI=1S/C12H22N4/c1-10-14-15-12(16(10)9-5-8-13)11-6-3-2-4-7-11/h11H,2-9,13H2,1H3. The molecule has 0 radical (unpaired) electrons. The fourth-order valence-corrected chi connectivity index (χ4v) is 2.59. The number of hydrogen-bond acceptors (Lipinski definition) is 3. The Bertz CT molecular complexity index is 326. The van der Waals surface area contributed by atoms with Gasteiger partial charge in [-0.25, -0.2) is 0 Å². The van der Waals surface area contributed by atoms with Crippen LogP contribution in [0.2, 0.25) is 0 Å². The zero-order valence-corrected chi connectivity index (χ0v) is 10.2. The average Bonchev–Trinajstić information content (AvgIpc) is 2.69. The maximum Gasteiger partial charge on any atom is 0.136 e. The lowest BCUT2D eigenvalue weighted by atomic mass is 9.88. The van der Waals surface area contributed by atoms with Crippen molar-refractivity contribution in [2.24, 2.45) is 5.73 Å². The summed E-state index contributed by atoms with van der Waals surface area (Å²) < 4.78 is 2.27. The number of rotatable bonds is 4. The van der Waals surface area contributed by atoms with Crippen molar-refractivity contribution in [3.05, 3.63) is 11.6 Å². The van der Waals surface area contributed by atoms with Gasteiger partial charge in [-0.15, -0.1) is 10.2 Å². The minimum Gasteiger partial charge on any atom is -0.330 e. The van der Waals surface area contributed by atoms with E-state index in [-0.39, 0.29) is 0 Å². The molecular formula is C12H22N4. The number of aromatic nitrogens is 3. The fourth-order valence-electron chi connectivity index (χ4n) is 2.59. The molecule has 1 aromatic rings. The lowest BCUT2D eigenvalue weighted by Crippen LogP contribution is -2.15.